The van der Waals surface area contributed by atoms with Gasteiger partial charge in [-0.3, -0.25) is 10.0 Å². The SMILES string of the molecule is O=C(COC(=O)c1ccccc1)c1ccc(I)c(N([O-])O)c1. The van der Waals surface area contributed by atoms with Crippen LogP contribution < -0.4 is 5.23 Å². The average Bonchev–Trinajstić information content (AvgIpc) is 2.53. The largest absolute Gasteiger partial charge is 0.733 e. The summed E-state index contributed by atoms with van der Waals surface area (Å²) in [6.07, 6.45) is 0. The van der Waals surface area contributed by atoms with Crippen molar-refractivity contribution >= 4 is 40.0 Å². The second-order valence-electron chi connectivity index (χ2n) is 4.30. The van der Waals surface area contributed by atoms with Crippen molar-refractivity contribution in [3.8, 4) is 0 Å². The minimum Gasteiger partial charge on any atom is -0.733 e. The van der Waals surface area contributed by atoms with Crippen molar-refractivity contribution in [3.63, 3.8) is 0 Å². The molecule has 2 aromatic carbocycles. The van der Waals surface area contributed by atoms with E-state index in [0.717, 1.165) is 0 Å². The molecule has 0 aliphatic heterocycles. The summed E-state index contributed by atoms with van der Waals surface area (Å²) in [5.74, 6) is -1.07. The number of rotatable bonds is 5. The van der Waals surface area contributed by atoms with Gasteiger partial charge in [-0.1, -0.05) is 24.3 Å². The molecule has 0 spiro atoms. The highest BCUT2D eigenvalue weighted by Crippen LogP contribution is 2.22. The van der Waals surface area contributed by atoms with Crippen LogP contribution in [0, 0.1) is 8.78 Å². The first-order valence-electron chi connectivity index (χ1n) is 6.20. The summed E-state index contributed by atoms with van der Waals surface area (Å²) in [6, 6.07) is 12.6. The fraction of sp³-hybridized carbons (Fsp3) is 0.0667. The van der Waals surface area contributed by atoms with Crippen LogP contribution in [0.4, 0.5) is 5.69 Å². The highest BCUT2D eigenvalue weighted by Gasteiger charge is 2.13. The molecule has 0 fully saturated rings. The lowest BCUT2D eigenvalue weighted by Gasteiger charge is -2.23. The number of carbonyl (C=O) groups is 2. The molecule has 0 bridgehead atoms. The van der Waals surface area contributed by atoms with E-state index in [4.69, 9.17) is 9.94 Å². The van der Waals surface area contributed by atoms with E-state index in [1.54, 1.807) is 30.3 Å². The summed E-state index contributed by atoms with van der Waals surface area (Å²) in [5, 5.41) is 19.6. The average molecular weight is 412 g/mol. The molecule has 0 heterocycles. The van der Waals surface area contributed by atoms with Crippen molar-refractivity contribution in [2.24, 2.45) is 0 Å². The van der Waals surface area contributed by atoms with Crippen LogP contribution in [0.15, 0.2) is 48.5 Å². The Kier molecular flexibility index (Phi) is 5.47. The fourth-order valence-corrected chi connectivity index (χ4v) is 2.25. The van der Waals surface area contributed by atoms with Gasteiger partial charge in [-0.25, -0.2) is 4.79 Å². The number of Topliss-reactive ketones (excluding diaryl/α,β-unsaturated/α-hetero) is 1. The second kappa shape index (κ2) is 7.34. The van der Waals surface area contributed by atoms with E-state index in [-0.39, 0.29) is 16.5 Å². The smallest absolute Gasteiger partial charge is 0.338 e. The number of anilines is 1. The van der Waals surface area contributed by atoms with Crippen LogP contribution >= 0.6 is 22.6 Å². The molecule has 0 aliphatic rings. The first kappa shape index (κ1) is 16.4. The number of nitrogens with zero attached hydrogens (tertiary/aromatic N) is 1. The van der Waals surface area contributed by atoms with Crippen molar-refractivity contribution in [1.82, 2.24) is 0 Å². The maximum atomic E-state index is 12.0. The lowest BCUT2D eigenvalue weighted by Crippen LogP contribution is -2.15. The van der Waals surface area contributed by atoms with Crippen LogP contribution in [0.5, 0.6) is 0 Å². The normalized spacial score (nSPS) is 10.1. The van der Waals surface area contributed by atoms with E-state index in [2.05, 4.69) is 0 Å². The number of hydrogen-bond acceptors (Lipinski definition) is 6. The number of esters is 1. The molecule has 7 heteroatoms. The Bertz CT molecular complexity index is 688. The van der Waals surface area contributed by atoms with Gasteiger partial charge in [0.05, 0.1) is 11.3 Å². The van der Waals surface area contributed by atoms with Gasteiger partial charge in [-0.05, 0) is 46.9 Å². The number of halogens is 1. The van der Waals surface area contributed by atoms with E-state index in [9.17, 15) is 14.8 Å². The third-order valence-corrected chi connectivity index (χ3v) is 3.73. The van der Waals surface area contributed by atoms with E-state index in [1.807, 2.05) is 22.6 Å². The van der Waals surface area contributed by atoms with Crippen LogP contribution in [0.3, 0.4) is 0 Å². The zero-order chi connectivity index (χ0) is 16.1. The molecule has 2 rings (SSSR count). The lowest BCUT2D eigenvalue weighted by atomic mass is 10.1. The molecular formula is C15H11INO5-. The Labute approximate surface area is 140 Å². The Balaban J connectivity index is 2.04. The van der Waals surface area contributed by atoms with Gasteiger partial charge < -0.3 is 15.2 Å². The molecule has 6 nitrogen and oxygen atoms in total. The molecule has 114 valence electrons. The fourth-order valence-electron chi connectivity index (χ4n) is 1.70. The topological polar surface area (TPSA) is 89.9 Å². The van der Waals surface area contributed by atoms with Crippen LogP contribution in [-0.4, -0.2) is 23.6 Å². The van der Waals surface area contributed by atoms with Crippen molar-refractivity contribution in [3.05, 3.63) is 68.4 Å². The van der Waals surface area contributed by atoms with Crippen molar-refractivity contribution in [2.75, 3.05) is 11.8 Å². The molecule has 0 aromatic heterocycles. The molecule has 0 aliphatic carbocycles. The maximum Gasteiger partial charge on any atom is 0.338 e. The Morgan fingerprint density at radius 2 is 1.82 bits per heavy atom. The zero-order valence-corrected chi connectivity index (χ0v) is 13.4. The van der Waals surface area contributed by atoms with Gasteiger partial charge in [0.2, 0.25) is 0 Å². The van der Waals surface area contributed by atoms with Gasteiger partial charge in [0, 0.05) is 9.13 Å². The van der Waals surface area contributed by atoms with Gasteiger partial charge >= 0.3 is 5.97 Å². The molecule has 1 N–H and O–H groups in total. The molecule has 0 unspecified atom stereocenters. The highest BCUT2D eigenvalue weighted by atomic mass is 127. The first-order chi connectivity index (χ1) is 10.5. The van der Waals surface area contributed by atoms with Gasteiger partial charge in [0.15, 0.2) is 12.4 Å². The minimum atomic E-state index is -0.604. The molecule has 0 atom stereocenters. The summed E-state index contributed by atoms with van der Waals surface area (Å²) in [4.78, 5) is 23.7. The summed E-state index contributed by atoms with van der Waals surface area (Å²) in [5.41, 5.74) is 0.478. The van der Waals surface area contributed by atoms with Gasteiger partial charge in [-0.2, -0.15) is 0 Å². The number of carbonyl (C=O) groups excluding carboxylic acids is 2. The van der Waals surface area contributed by atoms with Crippen molar-refractivity contribution < 1.29 is 19.5 Å². The lowest BCUT2D eigenvalue weighted by molar-refractivity contribution is 0.0474. The summed E-state index contributed by atoms with van der Waals surface area (Å²) in [7, 11) is 0. The minimum absolute atomic E-state index is 0.0409. The number of benzene rings is 2. The number of ether oxygens (including phenoxy) is 1. The van der Waals surface area contributed by atoms with Gasteiger partial charge in [0.1, 0.15) is 0 Å². The van der Waals surface area contributed by atoms with Crippen molar-refractivity contribution in [2.45, 2.75) is 0 Å². The van der Waals surface area contributed by atoms with E-state index in [1.165, 1.54) is 18.2 Å². The highest BCUT2D eigenvalue weighted by molar-refractivity contribution is 14.1. The second-order valence-corrected chi connectivity index (χ2v) is 5.47. The van der Waals surface area contributed by atoms with Crippen LogP contribution in [0.25, 0.3) is 0 Å². The van der Waals surface area contributed by atoms with Gasteiger partial charge in [0.25, 0.3) is 0 Å². The first-order valence-corrected chi connectivity index (χ1v) is 7.28. The molecular weight excluding hydrogens is 401 g/mol. The Hall–Kier alpha value is -1.97. The van der Waals surface area contributed by atoms with Crippen LogP contribution in [0.2, 0.25) is 0 Å². The molecule has 0 radical (unpaired) electrons. The summed E-state index contributed by atoms with van der Waals surface area (Å²) < 4.78 is 5.42. The van der Waals surface area contributed by atoms with Crippen LogP contribution in [-0.2, 0) is 4.74 Å². The molecule has 0 saturated carbocycles. The van der Waals surface area contributed by atoms with Gasteiger partial charge in [-0.15, -0.1) is 0 Å². The third-order valence-electron chi connectivity index (χ3n) is 2.82. The summed E-state index contributed by atoms with van der Waals surface area (Å²) >= 11 is 1.86. The standard InChI is InChI=1S/C15H11INO5/c16-12-7-6-11(8-13(12)17(20)21)14(18)9-22-15(19)10-4-2-1-3-5-10/h1-8,20H,9H2/q-1. The summed E-state index contributed by atoms with van der Waals surface area (Å²) in [6.45, 7) is -0.446. The Morgan fingerprint density at radius 1 is 1.14 bits per heavy atom. The quantitative estimate of drug-likeness (QED) is 0.352. The van der Waals surface area contributed by atoms with E-state index < -0.39 is 18.4 Å². The Morgan fingerprint density at radius 3 is 2.45 bits per heavy atom. The molecule has 22 heavy (non-hydrogen) atoms. The van der Waals surface area contributed by atoms with E-state index in [0.29, 0.717) is 9.13 Å². The predicted octanol–water partition coefficient (Wildman–Crippen LogP) is 3.02. The van der Waals surface area contributed by atoms with E-state index >= 15 is 0 Å². The monoisotopic (exact) mass is 412 g/mol. The number of ketones is 1. The van der Waals surface area contributed by atoms with Crippen LogP contribution in [0.1, 0.15) is 20.7 Å². The predicted molar refractivity (Wildman–Crippen MR) is 87.8 cm³/mol. The number of hydrogen-bond donors (Lipinski definition) is 1. The zero-order valence-electron chi connectivity index (χ0n) is 11.2. The molecule has 2 aromatic rings. The maximum absolute atomic E-state index is 12.0. The van der Waals surface area contributed by atoms with Crippen molar-refractivity contribution in [1.29, 1.82) is 0 Å². The molecule has 0 saturated heterocycles. The molecule has 0 amide bonds. The third kappa shape index (κ3) is 4.03.